The van der Waals surface area contributed by atoms with E-state index in [1.54, 1.807) is 12.1 Å². The molecule has 0 radical (unpaired) electrons. The summed E-state index contributed by atoms with van der Waals surface area (Å²) in [5.74, 6) is -1.65. The van der Waals surface area contributed by atoms with Crippen molar-refractivity contribution in [2.45, 2.75) is 31.7 Å². The van der Waals surface area contributed by atoms with E-state index in [-0.39, 0.29) is 30.4 Å². The fourth-order valence-corrected chi connectivity index (χ4v) is 2.49. The van der Waals surface area contributed by atoms with Crippen LogP contribution in [0.15, 0.2) is 24.3 Å². The molecule has 1 aromatic carbocycles. The van der Waals surface area contributed by atoms with Gasteiger partial charge in [0.2, 0.25) is 11.8 Å². The predicted octanol–water partition coefficient (Wildman–Crippen LogP) is 1.19. The van der Waals surface area contributed by atoms with Crippen molar-refractivity contribution in [3.05, 3.63) is 24.3 Å². The van der Waals surface area contributed by atoms with Crippen LogP contribution in [0.5, 0.6) is 5.75 Å². The number of likely N-dealkylation sites (tertiary alicyclic amines) is 1. The summed E-state index contributed by atoms with van der Waals surface area (Å²) < 4.78 is 0. The van der Waals surface area contributed by atoms with Crippen molar-refractivity contribution >= 4 is 23.5 Å². The van der Waals surface area contributed by atoms with Gasteiger partial charge in [0.05, 0.1) is 0 Å². The quantitative estimate of drug-likeness (QED) is 0.757. The average Bonchev–Trinajstić information content (AvgIpc) is 2.94. The molecule has 3 N–H and O–H groups in total. The number of nitrogens with zero attached hydrogens (tertiary/aromatic N) is 1. The van der Waals surface area contributed by atoms with E-state index in [2.05, 4.69) is 5.32 Å². The summed E-state index contributed by atoms with van der Waals surface area (Å²) in [6, 6.07) is 5.33. The van der Waals surface area contributed by atoms with Crippen LogP contribution < -0.4 is 5.32 Å². The minimum absolute atomic E-state index is 0.0304. The number of hydrogen-bond acceptors (Lipinski definition) is 4. The fourth-order valence-electron chi connectivity index (χ4n) is 2.49. The first-order valence-corrected chi connectivity index (χ1v) is 7.08. The number of carboxylic acids is 1. The number of anilines is 1. The van der Waals surface area contributed by atoms with E-state index in [0.29, 0.717) is 25.1 Å². The highest BCUT2D eigenvalue weighted by molar-refractivity contribution is 5.94. The smallest absolute Gasteiger partial charge is 0.326 e. The van der Waals surface area contributed by atoms with E-state index < -0.39 is 12.0 Å². The minimum Gasteiger partial charge on any atom is -0.508 e. The molecule has 0 bridgehead atoms. The normalized spacial score (nSPS) is 17.3. The third-order valence-corrected chi connectivity index (χ3v) is 3.55. The lowest BCUT2D eigenvalue weighted by Crippen LogP contribution is -2.40. The van der Waals surface area contributed by atoms with Crippen molar-refractivity contribution in [2.75, 3.05) is 11.9 Å². The first-order valence-electron chi connectivity index (χ1n) is 7.08. The number of carbonyl (C=O) groups excluding carboxylic acids is 2. The van der Waals surface area contributed by atoms with Crippen molar-refractivity contribution in [1.82, 2.24) is 4.90 Å². The number of benzene rings is 1. The number of rotatable bonds is 5. The number of hydrogen-bond donors (Lipinski definition) is 3. The van der Waals surface area contributed by atoms with Gasteiger partial charge in [0, 0.05) is 31.1 Å². The molecule has 1 atom stereocenters. The third kappa shape index (κ3) is 3.97. The number of amides is 2. The van der Waals surface area contributed by atoms with E-state index in [1.165, 1.54) is 17.0 Å². The third-order valence-electron chi connectivity index (χ3n) is 3.55. The molecule has 0 saturated carbocycles. The lowest BCUT2D eigenvalue weighted by atomic mass is 10.2. The van der Waals surface area contributed by atoms with E-state index in [4.69, 9.17) is 5.11 Å². The zero-order valence-electron chi connectivity index (χ0n) is 12.0. The van der Waals surface area contributed by atoms with Crippen LogP contribution in [0.1, 0.15) is 25.7 Å². The summed E-state index contributed by atoms with van der Waals surface area (Å²) in [7, 11) is 0. The zero-order valence-corrected chi connectivity index (χ0v) is 12.0. The first kappa shape index (κ1) is 15.8. The molecule has 1 aromatic rings. The summed E-state index contributed by atoms with van der Waals surface area (Å²) in [6.45, 7) is 0.421. The molecule has 7 nitrogen and oxygen atoms in total. The molecule has 0 aromatic heterocycles. The molecule has 1 saturated heterocycles. The summed E-state index contributed by atoms with van der Waals surface area (Å²) in [6.07, 6.45) is 1.06. The van der Waals surface area contributed by atoms with Gasteiger partial charge in [0.15, 0.2) is 0 Å². The van der Waals surface area contributed by atoms with Crippen molar-refractivity contribution in [3.8, 4) is 5.75 Å². The van der Waals surface area contributed by atoms with Gasteiger partial charge in [-0.25, -0.2) is 4.79 Å². The Kier molecular flexibility index (Phi) is 4.98. The van der Waals surface area contributed by atoms with E-state index >= 15 is 0 Å². The molecule has 0 spiro atoms. The summed E-state index contributed by atoms with van der Waals surface area (Å²) >= 11 is 0. The maximum absolute atomic E-state index is 12.0. The van der Waals surface area contributed by atoms with Gasteiger partial charge in [-0.15, -0.1) is 0 Å². The first-order chi connectivity index (χ1) is 10.5. The molecule has 0 aliphatic carbocycles. The van der Waals surface area contributed by atoms with Gasteiger partial charge in [-0.1, -0.05) is 6.07 Å². The minimum atomic E-state index is -1.00. The number of phenols is 1. The van der Waals surface area contributed by atoms with Gasteiger partial charge < -0.3 is 20.4 Å². The summed E-state index contributed by atoms with van der Waals surface area (Å²) in [4.78, 5) is 36.1. The Morgan fingerprint density at radius 1 is 1.27 bits per heavy atom. The van der Waals surface area contributed by atoms with Crippen LogP contribution in [0.25, 0.3) is 0 Å². The average molecular weight is 306 g/mol. The van der Waals surface area contributed by atoms with Crippen molar-refractivity contribution in [1.29, 1.82) is 0 Å². The van der Waals surface area contributed by atoms with Gasteiger partial charge in [-0.3, -0.25) is 9.59 Å². The van der Waals surface area contributed by atoms with Crippen LogP contribution in [-0.4, -0.2) is 45.5 Å². The maximum Gasteiger partial charge on any atom is 0.326 e. The Morgan fingerprint density at radius 2 is 2.05 bits per heavy atom. The van der Waals surface area contributed by atoms with E-state index in [1.807, 2.05) is 0 Å². The van der Waals surface area contributed by atoms with Crippen molar-refractivity contribution in [3.63, 3.8) is 0 Å². The molecule has 2 rings (SSSR count). The molecule has 1 fully saturated rings. The monoisotopic (exact) mass is 306 g/mol. The fraction of sp³-hybridized carbons (Fsp3) is 0.400. The number of carboxylic acid groups (broad SMARTS) is 1. The second-order valence-corrected chi connectivity index (χ2v) is 5.18. The largest absolute Gasteiger partial charge is 0.508 e. The lowest BCUT2D eigenvalue weighted by Gasteiger charge is -2.21. The Bertz CT molecular complexity index is 587. The highest BCUT2D eigenvalue weighted by atomic mass is 16.4. The molecule has 1 aliphatic rings. The topological polar surface area (TPSA) is 107 Å². The van der Waals surface area contributed by atoms with Gasteiger partial charge in [0.25, 0.3) is 0 Å². The zero-order chi connectivity index (χ0) is 16.1. The Balaban J connectivity index is 1.83. The molecule has 2 amide bonds. The molecule has 1 aliphatic heterocycles. The second kappa shape index (κ2) is 6.93. The van der Waals surface area contributed by atoms with Crippen molar-refractivity contribution < 1.29 is 24.6 Å². The Labute approximate surface area is 127 Å². The van der Waals surface area contributed by atoms with Gasteiger partial charge >= 0.3 is 5.97 Å². The highest BCUT2D eigenvalue weighted by Gasteiger charge is 2.33. The van der Waals surface area contributed by atoms with Gasteiger partial charge in [-0.05, 0) is 25.0 Å². The number of nitrogens with one attached hydrogen (secondary N) is 1. The molecule has 22 heavy (non-hydrogen) atoms. The lowest BCUT2D eigenvalue weighted by molar-refractivity contribution is -0.148. The number of carbonyl (C=O) groups is 3. The van der Waals surface area contributed by atoms with Crippen LogP contribution in [0.3, 0.4) is 0 Å². The van der Waals surface area contributed by atoms with E-state index in [0.717, 1.165) is 0 Å². The Hall–Kier alpha value is -2.57. The standard InChI is InChI=1S/C15H18N2O5/c18-11-4-1-3-10(9-11)16-13(19)6-7-14(20)17-8-2-5-12(17)15(21)22/h1,3-4,9,12,18H,2,5-8H2,(H,16,19)(H,21,22). The number of aliphatic carboxylic acids is 1. The molecule has 7 heteroatoms. The van der Waals surface area contributed by atoms with Gasteiger partial charge in [-0.2, -0.15) is 0 Å². The van der Waals surface area contributed by atoms with Crippen LogP contribution in [-0.2, 0) is 14.4 Å². The molecule has 1 heterocycles. The molecule has 118 valence electrons. The molecule has 1 unspecified atom stereocenters. The molecular weight excluding hydrogens is 288 g/mol. The van der Waals surface area contributed by atoms with Crippen LogP contribution in [0.2, 0.25) is 0 Å². The maximum atomic E-state index is 12.0. The van der Waals surface area contributed by atoms with Gasteiger partial charge in [0.1, 0.15) is 11.8 Å². The second-order valence-electron chi connectivity index (χ2n) is 5.18. The predicted molar refractivity (Wildman–Crippen MR) is 78.3 cm³/mol. The Morgan fingerprint density at radius 3 is 2.73 bits per heavy atom. The van der Waals surface area contributed by atoms with Crippen molar-refractivity contribution in [2.24, 2.45) is 0 Å². The summed E-state index contributed by atoms with van der Waals surface area (Å²) in [5.41, 5.74) is 0.446. The number of aromatic hydroxyl groups is 1. The van der Waals surface area contributed by atoms with Crippen LogP contribution in [0, 0.1) is 0 Å². The van der Waals surface area contributed by atoms with Crippen LogP contribution in [0.4, 0.5) is 5.69 Å². The highest BCUT2D eigenvalue weighted by Crippen LogP contribution is 2.19. The molecular formula is C15H18N2O5. The van der Waals surface area contributed by atoms with Crippen LogP contribution >= 0.6 is 0 Å². The number of phenolic OH excluding ortho intramolecular Hbond substituents is 1. The SMILES string of the molecule is O=C(CCC(=O)N1CCCC1C(=O)O)Nc1cccc(O)c1. The summed E-state index contributed by atoms with van der Waals surface area (Å²) in [5, 5.41) is 20.9. The van der Waals surface area contributed by atoms with E-state index in [9.17, 15) is 19.5 Å².